The summed E-state index contributed by atoms with van der Waals surface area (Å²) in [6.07, 6.45) is 0. The molecule has 2 atom stereocenters. The molecule has 1 heterocycles. The standard InChI is InChI=1S/C8H13NO3/c1-5-3-9-4-6(7(5)10)8(11)12-2/h5-6,9H,3-4H2,1-2H3/t5-,6-/m0/s1. The van der Waals surface area contributed by atoms with Crippen molar-refractivity contribution in [2.45, 2.75) is 6.92 Å². The number of carbonyl (C=O) groups is 2. The van der Waals surface area contributed by atoms with Gasteiger partial charge in [0.05, 0.1) is 7.11 Å². The molecule has 0 bridgehead atoms. The highest BCUT2D eigenvalue weighted by Crippen LogP contribution is 2.12. The summed E-state index contributed by atoms with van der Waals surface area (Å²) in [5.41, 5.74) is 0. The van der Waals surface area contributed by atoms with E-state index in [0.717, 1.165) is 0 Å². The minimum Gasteiger partial charge on any atom is -0.468 e. The van der Waals surface area contributed by atoms with E-state index in [-0.39, 0.29) is 11.7 Å². The Hall–Kier alpha value is -0.900. The first kappa shape index (κ1) is 9.19. The molecular formula is C8H13NO3. The first-order valence-electron chi connectivity index (χ1n) is 3.99. The van der Waals surface area contributed by atoms with Crippen LogP contribution in [0.25, 0.3) is 0 Å². The number of ether oxygens (including phenoxy) is 1. The van der Waals surface area contributed by atoms with Gasteiger partial charge in [-0.15, -0.1) is 0 Å². The maximum atomic E-state index is 11.4. The zero-order chi connectivity index (χ0) is 9.14. The fourth-order valence-electron chi connectivity index (χ4n) is 1.33. The van der Waals surface area contributed by atoms with Crippen molar-refractivity contribution in [1.29, 1.82) is 0 Å². The molecule has 0 amide bonds. The van der Waals surface area contributed by atoms with Gasteiger partial charge in [-0.05, 0) is 0 Å². The Morgan fingerprint density at radius 2 is 2.25 bits per heavy atom. The van der Waals surface area contributed by atoms with Gasteiger partial charge in [-0.25, -0.2) is 0 Å². The van der Waals surface area contributed by atoms with Crippen molar-refractivity contribution < 1.29 is 14.3 Å². The molecule has 1 fully saturated rings. The Balaban J connectivity index is 2.64. The van der Waals surface area contributed by atoms with Crippen molar-refractivity contribution >= 4 is 11.8 Å². The molecule has 0 spiro atoms. The number of esters is 1. The van der Waals surface area contributed by atoms with E-state index < -0.39 is 11.9 Å². The van der Waals surface area contributed by atoms with E-state index >= 15 is 0 Å². The Kier molecular flexibility index (Phi) is 2.81. The number of hydrogen-bond acceptors (Lipinski definition) is 4. The minimum absolute atomic E-state index is 0.0133. The second-order valence-corrected chi connectivity index (χ2v) is 3.04. The Bertz CT molecular complexity index is 202. The Morgan fingerprint density at radius 3 is 2.83 bits per heavy atom. The zero-order valence-corrected chi connectivity index (χ0v) is 7.29. The number of Topliss-reactive ketones (excluding diaryl/α,β-unsaturated/α-hetero) is 1. The van der Waals surface area contributed by atoms with Crippen molar-refractivity contribution in [2.24, 2.45) is 11.8 Å². The fourth-order valence-corrected chi connectivity index (χ4v) is 1.33. The van der Waals surface area contributed by atoms with Crippen LogP contribution in [-0.2, 0) is 14.3 Å². The van der Waals surface area contributed by atoms with Crippen LogP contribution in [0.4, 0.5) is 0 Å². The first-order chi connectivity index (χ1) is 5.66. The molecule has 0 aromatic carbocycles. The highest BCUT2D eigenvalue weighted by atomic mass is 16.5. The summed E-state index contributed by atoms with van der Waals surface area (Å²) in [5, 5.41) is 3.01. The molecule has 1 saturated heterocycles. The lowest BCUT2D eigenvalue weighted by Crippen LogP contribution is -2.46. The summed E-state index contributed by atoms with van der Waals surface area (Å²) in [6, 6.07) is 0. The van der Waals surface area contributed by atoms with Gasteiger partial charge in [0.15, 0.2) is 5.78 Å². The average molecular weight is 171 g/mol. The van der Waals surface area contributed by atoms with Crippen LogP contribution >= 0.6 is 0 Å². The molecule has 0 saturated carbocycles. The molecule has 12 heavy (non-hydrogen) atoms. The van der Waals surface area contributed by atoms with Gasteiger partial charge in [-0.2, -0.15) is 0 Å². The molecule has 1 aliphatic heterocycles. The smallest absolute Gasteiger partial charge is 0.317 e. The van der Waals surface area contributed by atoms with Crippen LogP contribution in [0.3, 0.4) is 0 Å². The van der Waals surface area contributed by atoms with Crippen LogP contribution in [0.2, 0.25) is 0 Å². The van der Waals surface area contributed by atoms with Crippen LogP contribution in [0.1, 0.15) is 6.92 Å². The summed E-state index contributed by atoms with van der Waals surface area (Å²) in [7, 11) is 1.30. The lowest BCUT2D eigenvalue weighted by molar-refractivity contribution is -0.151. The molecule has 0 aliphatic carbocycles. The Labute approximate surface area is 71.3 Å². The number of nitrogens with one attached hydrogen (secondary N) is 1. The summed E-state index contributed by atoms with van der Waals surface area (Å²) >= 11 is 0. The SMILES string of the molecule is COC(=O)[C@H]1CNC[C@H](C)C1=O. The van der Waals surface area contributed by atoms with Gasteiger partial charge in [0.1, 0.15) is 5.92 Å². The van der Waals surface area contributed by atoms with Crippen molar-refractivity contribution in [2.75, 3.05) is 20.2 Å². The van der Waals surface area contributed by atoms with Crippen molar-refractivity contribution in [3.8, 4) is 0 Å². The molecule has 1 aliphatic rings. The highest BCUT2D eigenvalue weighted by Gasteiger charge is 2.33. The quantitative estimate of drug-likeness (QED) is 0.430. The molecular weight excluding hydrogens is 158 g/mol. The van der Waals surface area contributed by atoms with Gasteiger partial charge in [-0.3, -0.25) is 9.59 Å². The zero-order valence-electron chi connectivity index (χ0n) is 7.29. The number of piperidine rings is 1. The third-order valence-corrected chi connectivity index (χ3v) is 2.11. The van der Waals surface area contributed by atoms with Gasteiger partial charge < -0.3 is 10.1 Å². The molecule has 4 heteroatoms. The van der Waals surface area contributed by atoms with Crippen molar-refractivity contribution in [1.82, 2.24) is 5.32 Å². The fraction of sp³-hybridized carbons (Fsp3) is 0.750. The monoisotopic (exact) mass is 171 g/mol. The largest absolute Gasteiger partial charge is 0.468 e. The van der Waals surface area contributed by atoms with E-state index in [0.29, 0.717) is 13.1 Å². The number of ketones is 1. The lowest BCUT2D eigenvalue weighted by atomic mass is 9.90. The maximum Gasteiger partial charge on any atom is 0.317 e. The third kappa shape index (κ3) is 1.64. The summed E-state index contributed by atoms with van der Waals surface area (Å²) in [6.45, 7) is 2.88. The number of rotatable bonds is 1. The average Bonchev–Trinajstić information content (AvgIpc) is 2.08. The van der Waals surface area contributed by atoms with Crippen LogP contribution in [0, 0.1) is 11.8 Å². The van der Waals surface area contributed by atoms with Crippen molar-refractivity contribution in [3.63, 3.8) is 0 Å². The molecule has 1 rings (SSSR count). The third-order valence-electron chi connectivity index (χ3n) is 2.11. The topological polar surface area (TPSA) is 55.4 Å². The van der Waals surface area contributed by atoms with E-state index in [4.69, 9.17) is 0 Å². The second-order valence-electron chi connectivity index (χ2n) is 3.04. The Morgan fingerprint density at radius 1 is 1.58 bits per heavy atom. The van der Waals surface area contributed by atoms with Crippen LogP contribution in [0.15, 0.2) is 0 Å². The van der Waals surface area contributed by atoms with Gasteiger partial charge in [-0.1, -0.05) is 6.92 Å². The second kappa shape index (κ2) is 3.67. The molecule has 0 radical (unpaired) electrons. The predicted octanol–water partition coefficient (Wildman–Crippen LogP) is -0.416. The number of methoxy groups -OCH3 is 1. The molecule has 0 aromatic rings. The van der Waals surface area contributed by atoms with Gasteiger partial charge in [0, 0.05) is 19.0 Å². The normalized spacial score (nSPS) is 30.0. The minimum atomic E-state index is -0.598. The van der Waals surface area contributed by atoms with Gasteiger partial charge in [0.25, 0.3) is 0 Å². The van der Waals surface area contributed by atoms with E-state index in [1.54, 1.807) is 0 Å². The van der Waals surface area contributed by atoms with E-state index in [1.165, 1.54) is 7.11 Å². The van der Waals surface area contributed by atoms with Crippen LogP contribution < -0.4 is 5.32 Å². The maximum absolute atomic E-state index is 11.4. The molecule has 4 nitrogen and oxygen atoms in total. The molecule has 0 aromatic heterocycles. The van der Waals surface area contributed by atoms with Crippen LogP contribution in [0.5, 0.6) is 0 Å². The summed E-state index contributed by atoms with van der Waals surface area (Å²) in [4.78, 5) is 22.4. The number of carbonyl (C=O) groups excluding carboxylic acids is 2. The van der Waals surface area contributed by atoms with E-state index in [2.05, 4.69) is 10.1 Å². The summed E-state index contributed by atoms with van der Waals surface area (Å²) < 4.78 is 4.51. The van der Waals surface area contributed by atoms with E-state index in [9.17, 15) is 9.59 Å². The molecule has 0 unspecified atom stereocenters. The molecule has 1 N–H and O–H groups in total. The molecule has 68 valence electrons. The summed E-state index contributed by atoms with van der Waals surface area (Å²) in [5.74, 6) is -1.12. The lowest BCUT2D eigenvalue weighted by Gasteiger charge is -2.24. The van der Waals surface area contributed by atoms with Gasteiger partial charge >= 0.3 is 5.97 Å². The first-order valence-corrected chi connectivity index (χ1v) is 3.99. The predicted molar refractivity (Wildman–Crippen MR) is 42.5 cm³/mol. The van der Waals surface area contributed by atoms with Crippen LogP contribution in [-0.4, -0.2) is 32.0 Å². The van der Waals surface area contributed by atoms with Crippen molar-refractivity contribution in [3.05, 3.63) is 0 Å². The highest BCUT2D eigenvalue weighted by molar-refractivity contribution is 6.00. The van der Waals surface area contributed by atoms with E-state index in [1.807, 2.05) is 6.92 Å². The number of hydrogen-bond donors (Lipinski definition) is 1. The van der Waals surface area contributed by atoms with Gasteiger partial charge in [0.2, 0.25) is 0 Å².